The van der Waals surface area contributed by atoms with Crippen molar-refractivity contribution in [3.8, 4) is 0 Å². The average molecular weight is 348 g/mol. The standard InChI is InChI=1S/C18H24N2O5/c1-3-24-16(21)8-7-15(18(23)25-4-2)20-17(22)13-5-6-14-12(11-13)9-10-19-14/h5-6,11,15,19H,3-4,7-10H2,1-2H3,(H,20,22). The highest BCUT2D eigenvalue weighted by atomic mass is 16.5. The van der Waals surface area contributed by atoms with Crippen LogP contribution in [0.3, 0.4) is 0 Å². The maximum Gasteiger partial charge on any atom is 0.328 e. The number of amides is 1. The number of ether oxygens (including phenoxy) is 2. The van der Waals surface area contributed by atoms with Gasteiger partial charge in [0.15, 0.2) is 0 Å². The lowest BCUT2D eigenvalue weighted by Crippen LogP contribution is -2.42. The molecule has 0 bridgehead atoms. The van der Waals surface area contributed by atoms with E-state index in [1.165, 1.54) is 0 Å². The number of hydrogen-bond acceptors (Lipinski definition) is 6. The molecule has 0 radical (unpaired) electrons. The summed E-state index contributed by atoms with van der Waals surface area (Å²) in [5, 5.41) is 5.89. The normalized spacial score (nSPS) is 13.4. The van der Waals surface area contributed by atoms with Crippen LogP contribution in [0.25, 0.3) is 0 Å². The lowest BCUT2D eigenvalue weighted by Gasteiger charge is -2.17. The fourth-order valence-electron chi connectivity index (χ4n) is 2.67. The van der Waals surface area contributed by atoms with E-state index in [2.05, 4.69) is 10.6 Å². The van der Waals surface area contributed by atoms with Crippen LogP contribution < -0.4 is 10.6 Å². The van der Waals surface area contributed by atoms with Gasteiger partial charge in [0.05, 0.1) is 13.2 Å². The van der Waals surface area contributed by atoms with Crippen LogP contribution in [0, 0.1) is 0 Å². The number of rotatable bonds is 8. The van der Waals surface area contributed by atoms with Gasteiger partial charge in [-0.25, -0.2) is 4.79 Å². The monoisotopic (exact) mass is 348 g/mol. The molecule has 0 aromatic heterocycles. The van der Waals surface area contributed by atoms with Crippen molar-refractivity contribution < 1.29 is 23.9 Å². The number of carbonyl (C=O) groups excluding carboxylic acids is 3. The highest BCUT2D eigenvalue weighted by molar-refractivity contribution is 5.97. The average Bonchev–Trinajstić information content (AvgIpc) is 3.06. The summed E-state index contributed by atoms with van der Waals surface area (Å²) >= 11 is 0. The van der Waals surface area contributed by atoms with Crippen LogP contribution >= 0.6 is 0 Å². The molecule has 2 rings (SSSR count). The first kappa shape index (κ1) is 18.8. The first-order chi connectivity index (χ1) is 12.0. The molecular weight excluding hydrogens is 324 g/mol. The molecule has 7 nitrogen and oxygen atoms in total. The third kappa shape index (κ3) is 5.20. The number of benzene rings is 1. The van der Waals surface area contributed by atoms with E-state index in [4.69, 9.17) is 9.47 Å². The second-order valence-electron chi connectivity index (χ2n) is 5.67. The van der Waals surface area contributed by atoms with Crippen molar-refractivity contribution in [1.29, 1.82) is 0 Å². The van der Waals surface area contributed by atoms with E-state index in [-0.39, 0.29) is 32.0 Å². The Hall–Kier alpha value is -2.57. The maximum absolute atomic E-state index is 12.5. The summed E-state index contributed by atoms with van der Waals surface area (Å²) in [6.45, 7) is 4.74. The van der Waals surface area contributed by atoms with Crippen LogP contribution in [0.1, 0.15) is 42.6 Å². The van der Waals surface area contributed by atoms with Gasteiger partial charge in [-0.05, 0) is 50.5 Å². The van der Waals surface area contributed by atoms with E-state index in [1.54, 1.807) is 19.9 Å². The third-order valence-corrected chi connectivity index (χ3v) is 3.90. The van der Waals surface area contributed by atoms with Crippen molar-refractivity contribution in [3.63, 3.8) is 0 Å². The molecule has 0 saturated heterocycles. The molecule has 1 amide bonds. The molecule has 25 heavy (non-hydrogen) atoms. The Morgan fingerprint density at radius 2 is 1.96 bits per heavy atom. The van der Waals surface area contributed by atoms with Crippen molar-refractivity contribution in [2.24, 2.45) is 0 Å². The molecule has 0 spiro atoms. The molecule has 1 atom stereocenters. The zero-order chi connectivity index (χ0) is 18.2. The van der Waals surface area contributed by atoms with Gasteiger partial charge in [0.1, 0.15) is 6.04 Å². The number of carbonyl (C=O) groups is 3. The van der Waals surface area contributed by atoms with E-state index in [0.717, 1.165) is 24.2 Å². The molecule has 136 valence electrons. The number of fused-ring (bicyclic) bond motifs is 1. The Labute approximate surface area is 147 Å². The topological polar surface area (TPSA) is 93.7 Å². The molecule has 1 aliphatic rings. The summed E-state index contributed by atoms with van der Waals surface area (Å²) in [5.74, 6) is -1.32. The number of hydrogen-bond donors (Lipinski definition) is 2. The number of esters is 2. The summed E-state index contributed by atoms with van der Waals surface area (Å²) in [6, 6.07) is 4.50. The van der Waals surface area contributed by atoms with E-state index < -0.39 is 18.0 Å². The van der Waals surface area contributed by atoms with Crippen LogP contribution in [0.5, 0.6) is 0 Å². The quantitative estimate of drug-likeness (QED) is 0.694. The summed E-state index contributed by atoms with van der Waals surface area (Å²) < 4.78 is 9.85. The van der Waals surface area contributed by atoms with Crippen molar-refractivity contribution in [2.45, 2.75) is 39.2 Å². The Morgan fingerprint density at radius 3 is 2.68 bits per heavy atom. The van der Waals surface area contributed by atoms with Gasteiger partial charge in [-0.1, -0.05) is 0 Å². The lowest BCUT2D eigenvalue weighted by atomic mass is 10.1. The Morgan fingerprint density at radius 1 is 1.20 bits per heavy atom. The zero-order valence-corrected chi connectivity index (χ0v) is 14.6. The molecule has 1 aromatic carbocycles. The summed E-state index contributed by atoms with van der Waals surface area (Å²) in [7, 11) is 0. The van der Waals surface area contributed by atoms with Crippen LogP contribution in [-0.2, 0) is 25.5 Å². The Kier molecular flexibility index (Phi) is 6.80. The SMILES string of the molecule is CCOC(=O)CCC(NC(=O)c1ccc2c(c1)CCN2)C(=O)OCC. The molecule has 1 unspecified atom stereocenters. The van der Waals surface area contributed by atoms with Crippen molar-refractivity contribution in [3.05, 3.63) is 29.3 Å². The van der Waals surface area contributed by atoms with Gasteiger partial charge in [0, 0.05) is 24.2 Å². The molecule has 0 saturated carbocycles. The fraction of sp³-hybridized carbons (Fsp3) is 0.500. The largest absolute Gasteiger partial charge is 0.466 e. The van der Waals surface area contributed by atoms with Crippen LogP contribution in [0.4, 0.5) is 5.69 Å². The molecule has 0 aliphatic carbocycles. The highest BCUT2D eigenvalue weighted by Gasteiger charge is 2.24. The van der Waals surface area contributed by atoms with Crippen LogP contribution in [0.15, 0.2) is 18.2 Å². The number of anilines is 1. The second-order valence-corrected chi connectivity index (χ2v) is 5.67. The molecular formula is C18H24N2O5. The lowest BCUT2D eigenvalue weighted by molar-refractivity contribution is -0.146. The Balaban J connectivity index is 2.02. The molecule has 1 aliphatic heterocycles. The first-order valence-electron chi connectivity index (χ1n) is 8.55. The van der Waals surface area contributed by atoms with Gasteiger partial charge < -0.3 is 20.1 Å². The zero-order valence-electron chi connectivity index (χ0n) is 14.6. The summed E-state index contributed by atoms with van der Waals surface area (Å²) in [4.78, 5) is 36.1. The minimum absolute atomic E-state index is 0.0334. The summed E-state index contributed by atoms with van der Waals surface area (Å²) in [6.07, 6.45) is 1.03. The summed E-state index contributed by atoms with van der Waals surface area (Å²) in [5.41, 5.74) is 2.58. The second kappa shape index (κ2) is 9.05. The van der Waals surface area contributed by atoms with Gasteiger partial charge in [-0.15, -0.1) is 0 Å². The van der Waals surface area contributed by atoms with E-state index >= 15 is 0 Å². The molecule has 1 heterocycles. The van der Waals surface area contributed by atoms with Crippen molar-refractivity contribution >= 4 is 23.5 Å². The highest BCUT2D eigenvalue weighted by Crippen LogP contribution is 2.23. The van der Waals surface area contributed by atoms with Gasteiger partial charge in [0.2, 0.25) is 0 Å². The molecule has 0 fully saturated rings. The number of nitrogens with one attached hydrogen (secondary N) is 2. The fourth-order valence-corrected chi connectivity index (χ4v) is 2.67. The van der Waals surface area contributed by atoms with Gasteiger partial charge in [0.25, 0.3) is 5.91 Å². The molecule has 1 aromatic rings. The minimum Gasteiger partial charge on any atom is -0.466 e. The van der Waals surface area contributed by atoms with Crippen LogP contribution in [-0.4, -0.2) is 43.6 Å². The molecule has 2 N–H and O–H groups in total. The van der Waals surface area contributed by atoms with E-state index in [1.807, 2.05) is 12.1 Å². The third-order valence-electron chi connectivity index (χ3n) is 3.90. The Bertz CT molecular complexity index is 644. The smallest absolute Gasteiger partial charge is 0.328 e. The van der Waals surface area contributed by atoms with Gasteiger partial charge >= 0.3 is 11.9 Å². The molecule has 7 heteroatoms. The maximum atomic E-state index is 12.5. The van der Waals surface area contributed by atoms with Gasteiger partial charge in [-0.3, -0.25) is 9.59 Å². The van der Waals surface area contributed by atoms with Gasteiger partial charge in [-0.2, -0.15) is 0 Å². The van der Waals surface area contributed by atoms with E-state index in [0.29, 0.717) is 5.56 Å². The first-order valence-corrected chi connectivity index (χ1v) is 8.55. The van der Waals surface area contributed by atoms with Crippen molar-refractivity contribution in [2.75, 3.05) is 25.1 Å². The minimum atomic E-state index is -0.886. The predicted octanol–water partition coefficient (Wildman–Crippen LogP) is 1.66. The van der Waals surface area contributed by atoms with Crippen LogP contribution in [0.2, 0.25) is 0 Å². The van der Waals surface area contributed by atoms with Crippen molar-refractivity contribution in [1.82, 2.24) is 5.32 Å². The van der Waals surface area contributed by atoms with E-state index in [9.17, 15) is 14.4 Å². The predicted molar refractivity (Wildman–Crippen MR) is 92.4 cm³/mol.